The average molecular weight is 764 g/mol. The Labute approximate surface area is 344 Å². The van der Waals surface area contributed by atoms with Gasteiger partial charge < -0.3 is 19.2 Å². The molecule has 1 aliphatic carbocycles. The largest absolute Gasteiger partial charge is 1.00 e. The number of unbranched alkanes of at least 4 members (excludes halogenated alkanes) is 2. The van der Waals surface area contributed by atoms with Crippen LogP contribution in [0.3, 0.4) is 0 Å². The quantitative estimate of drug-likeness (QED) is 0.0671. The second-order valence-corrected chi connectivity index (χ2v) is 15.3. The van der Waals surface area contributed by atoms with Crippen molar-refractivity contribution in [3.63, 3.8) is 0 Å². The van der Waals surface area contributed by atoms with Crippen molar-refractivity contribution in [1.29, 1.82) is 0 Å². The molecule has 51 heavy (non-hydrogen) atoms. The van der Waals surface area contributed by atoms with E-state index >= 15 is 0 Å². The smallest absolute Gasteiger partial charge is 0.481 e. The summed E-state index contributed by atoms with van der Waals surface area (Å²) >= 11 is 0. The Balaban J connectivity index is 0.00000451. The van der Waals surface area contributed by atoms with Gasteiger partial charge in [0.25, 0.3) is 20.2 Å². The number of carbonyl (C=O) groups is 1. The molecule has 0 saturated heterocycles. The molecule has 0 saturated carbocycles. The predicted octanol–water partition coefficient (Wildman–Crippen LogP) is -0.934. The van der Waals surface area contributed by atoms with E-state index in [-0.39, 0.29) is 82.6 Å². The number of carboxylic acid groups (broad SMARTS) is 1. The fourth-order valence-corrected chi connectivity index (χ4v) is 7.34. The van der Waals surface area contributed by atoms with Gasteiger partial charge >= 0.3 is 65.1 Å². The van der Waals surface area contributed by atoms with E-state index < -0.39 is 31.6 Å². The molecule has 0 spiro atoms. The fraction of sp³-hybridized carbons (Fsp3) is 0.429. The van der Waals surface area contributed by atoms with Gasteiger partial charge in [0.15, 0.2) is 0 Å². The van der Waals surface area contributed by atoms with Crippen molar-refractivity contribution in [2.45, 2.75) is 62.7 Å². The topological polar surface area (TPSA) is 175 Å². The van der Waals surface area contributed by atoms with Crippen LogP contribution in [0.1, 0.15) is 63.5 Å². The van der Waals surface area contributed by atoms with Crippen molar-refractivity contribution in [3.8, 4) is 11.3 Å². The normalized spacial score (nSPS) is 17.4. The van der Waals surface area contributed by atoms with Gasteiger partial charge in [0.05, 0.1) is 23.0 Å². The third kappa shape index (κ3) is 12.1. The molecule has 0 amide bonds. The van der Waals surface area contributed by atoms with Gasteiger partial charge in [-0.3, -0.25) is 13.9 Å². The second kappa shape index (κ2) is 20.0. The molecular weight excluding hydrogens is 719 g/mol. The summed E-state index contributed by atoms with van der Waals surface area (Å²) in [5.74, 6) is -0.511. The summed E-state index contributed by atoms with van der Waals surface area (Å²) < 4.78 is 78.8. The molecule has 0 bridgehead atoms. The van der Waals surface area contributed by atoms with E-state index in [2.05, 4.69) is 4.90 Å². The van der Waals surface area contributed by atoms with Crippen molar-refractivity contribution >= 4 is 38.0 Å². The van der Waals surface area contributed by atoms with Crippen LogP contribution in [0.2, 0.25) is 0 Å². The van der Waals surface area contributed by atoms with Crippen molar-refractivity contribution in [3.05, 3.63) is 83.1 Å². The minimum absolute atomic E-state index is 0. The molecule has 0 fully saturated rings. The van der Waals surface area contributed by atoms with Crippen LogP contribution in [0, 0.1) is 0 Å². The number of benzene rings is 2. The molecule has 2 heterocycles. The number of allylic oxidation sites excluding steroid dienone is 3. The standard InChI is InChI=1S/C35H44N2O10S2.2Na/c1-4-36(19-9-23-48(40,41)42)27-13-15-29-26(17-21-47-32(29)24-27)10-8-11-33-35(2,18-22-46-3)30-25-28(49(43,44)45)14-16-31(30)37(33)20-7-5-6-12-34(38)39;;/h8,10-11,13-17,21,24-25H,4-7,9,12,18-20,22-23H2,1-3H3,(H2-,38,39,40,41,42,43,44,45);;/q;2*+1/p+1. The molecule has 1 aromatic carbocycles. The van der Waals surface area contributed by atoms with Crippen LogP contribution < -0.4 is 73.9 Å². The Morgan fingerprint density at radius 2 is 1.76 bits per heavy atom. The maximum Gasteiger partial charge on any atom is 1.00 e. The van der Waals surface area contributed by atoms with E-state index in [1.807, 2.05) is 60.9 Å². The summed E-state index contributed by atoms with van der Waals surface area (Å²) in [6, 6.07) is 12.3. The molecule has 1 aromatic rings. The first-order chi connectivity index (χ1) is 23.2. The van der Waals surface area contributed by atoms with Crippen LogP contribution in [0.25, 0.3) is 17.4 Å². The number of methoxy groups -OCH3 is 1. The molecule has 12 nitrogen and oxygen atoms in total. The first-order valence-electron chi connectivity index (χ1n) is 16.2. The van der Waals surface area contributed by atoms with Crippen LogP contribution in [0.15, 0.2) is 75.9 Å². The molecular formula is C35H45N2Na2O10S2+3. The van der Waals surface area contributed by atoms with Gasteiger partial charge in [0.2, 0.25) is 5.36 Å². The van der Waals surface area contributed by atoms with Gasteiger partial charge in [0, 0.05) is 61.5 Å². The number of aliphatic carboxylic acids is 1. The SMILES string of the molecule is CC[N+](CCCS(=O)(=O)O)=c1ccc2c(/C=C/C=C3/N(CCCCCC(=O)O)c4ccc(S(=O)(=O)O)cc4C3(C)CCOC)ccoc-2c1.[Na+].[Na+]. The molecule has 4 rings (SSSR count). The minimum atomic E-state index is -4.44. The Hall–Kier alpha value is -1.82. The zero-order chi connectivity index (χ0) is 35.8. The maximum absolute atomic E-state index is 12.1. The van der Waals surface area contributed by atoms with E-state index in [9.17, 15) is 26.2 Å². The monoisotopic (exact) mass is 763 g/mol. The number of ether oxygens (including phenoxy) is 1. The van der Waals surface area contributed by atoms with E-state index in [1.54, 1.807) is 19.4 Å². The van der Waals surface area contributed by atoms with Crippen LogP contribution in [0.4, 0.5) is 5.69 Å². The molecule has 0 radical (unpaired) electrons. The van der Waals surface area contributed by atoms with E-state index in [0.717, 1.165) is 33.4 Å². The minimum Gasteiger partial charge on any atom is -0.481 e. The number of fused-ring (bicyclic) bond motifs is 2. The molecule has 1 unspecified atom stereocenters. The zero-order valence-corrected chi connectivity index (χ0v) is 35.7. The third-order valence-electron chi connectivity index (χ3n) is 8.91. The number of hydrogen-bond acceptors (Lipinski definition) is 8. The number of nitrogens with zero attached hydrogens (tertiary/aromatic N) is 2. The molecule has 1 atom stereocenters. The molecule has 2 aliphatic heterocycles. The third-order valence-corrected chi connectivity index (χ3v) is 10.6. The first kappa shape index (κ1) is 45.3. The number of carboxylic acids is 1. The zero-order valence-electron chi connectivity index (χ0n) is 30.0. The summed E-state index contributed by atoms with van der Waals surface area (Å²) in [5.41, 5.74) is 3.56. The van der Waals surface area contributed by atoms with E-state index in [4.69, 9.17) is 18.8 Å². The summed E-state index contributed by atoms with van der Waals surface area (Å²) in [6.07, 6.45) is 10.4. The Morgan fingerprint density at radius 1 is 1.02 bits per heavy atom. The summed E-state index contributed by atoms with van der Waals surface area (Å²) in [4.78, 5) is 13.0. The summed E-state index contributed by atoms with van der Waals surface area (Å²) in [5, 5.41) is 9.92. The average Bonchev–Trinajstić information content (AvgIpc) is 3.27. The van der Waals surface area contributed by atoms with Crippen LogP contribution in [-0.4, -0.2) is 76.1 Å². The summed E-state index contributed by atoms with van der Waals surface area (Å²) in [6.45, 7) is 6.05. The molecule has 3 N–H and O–H groups in total. The van der Waals surface area contributed by atoms with Gasteiger partial charge in [-0.1, -0.05) is 18.6 Å². The Kier molecular flexibility index (Phi) is 17.8. The van der Waals surface area contributed by atoms with E-state index in [0.29, 0.717) is 57.7 Å². The van der Waals surface area contributed by atoms with E-state index in [1.165, 1.54) is 12.1 Å². The number of hydrogen-bond donors (Lipinski definition) is 3. The number of rotatable bonds is 17. The predicted molar refractivity (Wildman–Crippen MR) is 188 cm³/mol. The van der Waals surface area contributed by atoms with Gasteiger partial charge in [0.1, 0.15) is 18.8 Å². The Bertz CT molecular complexity index is 1980. The van der Waals surface area contributed by atoms with Gasteiger partial charge in [-0.25, -0.2) is 4.58 Å². The number of anilines is 1. The summed E-state index contributed by atoms with van der Waals surface area (Å²) in [7, 11) is -6.87. The van der Waals surface area contributed by atoms with Crippen LogP contribution >= 0.6 is 0 Å². The fourth-order valence-electron chi connectivity index (χ4n) is 6.34. The van der Waals surface area contributed by atoms with Gasteiger partial charge in [-0.15, -0.1) is 0 Å². The maximum atomic E-state index is 12.1. The van der Waals surface area contributed by atoms with Crippen LogP contribution in [0.5, 0.6) is 0 Å². The van der Waals surface area contributed by atoms with Crippen molar-refractivity contribution < 1.29 is 104 Å². The Morgan fingerprint density at radius 3 is 2.41 bits per heavy atom. The molecule has 0 aromatic heterocycles. The van der Waals surface area contributed by atoms with Crippen molar-refractivity contribution in [2.75, 3.05) is 44.0 Å². The van der Waals surface area contributed by atoms with Crippen LogP contribution in [-0.2, 0) is 35.2 Å². The molecule has 3 aliphatic rings. The van der Waals surface area contributed by atoms with Gasteiger partial charge in [-0.2, -0.15) is 16.8 Å². The first-order valence-corrected chi connectivity index (χ1v) is 19.3. The second-order valence-electron chi connectivity index (χ2n) is 12.3. The van der Waals surface area contributed by atoms with Crippen molar-refractivity contribution in [1.82, 2.24) is 4.58 Å². The van der Waals surface area contributed by atoms with Crippen molar-refractivity contribution in [2.24, 2.45) is 0 Å². The molecule has 16 heteroatoms. The van der Waals surface area contributed by atoms with Gasteiger partial charge in [-0.05, 0) is 80.6 Å². The molecule has 266 valence electrons.